The van der Waals surface area contributed by atoms with Gasteiger partial charge in [-0.25, -0.2) is 9.59 Å². The molecule has 0 bridgehead atoms. The Balaban J connectivity index is 1.30. The molecule has 6 N–H and O–H groups in total. The number of benzene rings is 6. The van der Waals surface area contributed by atoms with E-state index in [1.54, 1.807) is 48.5 Å². The Morgan fingerprint density at radius 2 is 0.875 bits per heavy atom. The molecule has 0 saturated carbocycles. The summed E-state index contributed by atoms with van der Waals surface area (Å²) in [5.74, 6) is -2.13. The van der Waals surface area contributed by atoms with Crippen molar-refractivity contribution >= 4 is 67.6 Å². The van der Waals surface area contributed by atoms with Gasteiger partial charge in [-0.05, 0) is 82.3 Å². The summed E-state index contributed by atoms with van der Waals surface area (Å²) in [6, 6.07) is 28.8. The van der Waals surface area contributed by atoms with Crippen LogP contribution in [-0.4, -0.2) is 22.2 Å². The molecule has 6 aromatic rings. The van der Waals surface area contributed by atoms with Crippen LogP contribution in [0.1, 0.15) is 45.7 Å². The summed E-state index contributed by atoms with van der Waals surface area (Å²) in [5.41, 5.74) is 19.5. The van der Waals surface area contributed by atoms with Crippen molar-refractivity contribution in [3.8, 4) is 11.1 Å². The average Bonchev–Trinajstić information content (AvgIpc) is 3.10. The van der Waals surface area contributed by atoms with Crippen molar-refractivity contribution < 1.29 is 19.8 Å². The molecule has 0 amide bonds. The highest BCUT2D eigenvalue weighted by Crippen LogP contribution is 2.38. The van der Waals surface area contributed by atoms with Crippen LogP contribution in [0.5, 0.6) is 0 Å². The Kier molecular flexibility index (Phi) is 8.63. The van der Waals surface area contributed by atoms with E-state index < -0.39 is 11.9 Å². The molecule has 0 heterocycles. The molecule has 10 nitrogen and oxygen atoms in total. The minimum atomic E-state index is -1.06. The Morgan fingerprint density at radius 3 is 1.23 bits per heavy atom. The van der Waals surface area contributed by atoms with Gasteiger partial charge in [0, 0.05) is 10.8 Å². The first kappa shape index (κ1) is 31.6. The highest BCUT2D eigenvalue weighted by atomic mass is 16.4. The summed E-state index contributed by atoms with van der Waals surface area (Å²) >= 11 is 0. The van der Waals surface area contributed by atoms with E-state index in [1.807, 2.05) is 38.1 Å². The number of carboxylic acid groups (broad SMARTS) is 2. The molecule has 48 heavy (non-hydrogen) atoms. The number of fused-ring (bicyclic) bond motifs is 2. The number of carboxylic acids is 2. The number of nitrogens with two attached hydrogens (primary N) is 2. The molecule has 6 aromatic carbocycles. The molecular formula is C38H32N6O4. The van der Waals surface area contributed by atoms with Gasteiger partial charge in [0.05, 0.1) is 33.9 Å². The molecule has 0 aliphatic carbocycles. The summed E-state index contributed by atoms with van der Waals surface area (Å²) in [4.78, 5) is 23.9. The number of aromatic carboxylic acids is 2. The van der Waals surface area contributed by atoms with Crippen molar-refractivity contribution in [3.05, 3.63) is 119 Å². The first-order chi connectivity index (χ1) is 23.2. The van der Waals surface area contributed by atoms with Crippen LogP contribution in [0.25, 0.3) is 32.7 Å². The standard InChI is InChI=1S/C38H32N6O4/c1-3-21-17-23(13-15-31(21)41-43-33-19-29(37(45)46)25-9-5-7-11-27(25)35(33)39)24-14-16-32(22(4-2)18-24)42-44-34-20-30(38(47)48)26-10-6-8-12-28(26)36(34)40/h5-20H,3-4,39-40H2,1-2H3,(H,45,46)(H,47,48). The van der Waals surface area contributed by atoms with Crippen molar-refractivity contribution in [2.45, 2.75) is 26.7 Å². The third kappa shape index (κ3) is 5.94. The topological polar surface area (TPSA) is 176 Å². The zero-order valence-electron chi connectivity index (χ0n) is 26.3. The van der Waals surface area contributed by atoms with Crippen LogP contribution < -0.4 is 11.5 Å². The molecule has 0 saturated heterocycles. The molecule has 0 atom stereocenters. The van der Waals surface area contributed by atoms with Crippen molar-refractivity contribution in [1.82, 2.24) is 0 Å². The lowest BCUT2D eigenvalue weighted by atomic mass is 9.98. The molecule has 0 spiro atoms. The number of nitrogen functional groups attached to an aromatic ring is 2. The van der Waals surface area contributed by atoms with Crippen molar-refractivity contribution in [3.63, 3.8) is 0 Å². The molecule has 0 fully saturated rings. The predicted molar refractivity (Wildman–Crippen MR) is 190 cm³/mol. The summed E-state index contributed by atoms with van der Waals surface area (Å²) in [6.45, 7) is 4.06. The lowest BCUT2D eigenvalue weighted by Gasteiger charge is -2.11. The van der Waals surface area contributed by atoms with Gasteiger partial charge in [0.2, 0.25) is 0 Å². The van der Waals surface area contributed by atoms with Gasteiger partial charge in [0.25, 0.3) is 0 Å². The second-order valence-electron chi connectivity index (χ2n) is 11.2. The number of rotatable bonds is 9. The van der Waals surface area contributed by atoms with Crippen LogP contribution >= 0.6 is 0 Å². The fourth-order valence-corrected chi connectivity index (χ4v) is 5.79. The number of hydrogen-bond acceptors (Lipinski definition) is 8. The van der Waals surface area contributed by atoms with Crippen molar-refractivity contribution in [1.29, 1.82) is 0 Å². The first-order valence-corrected chi connectivity index (χ1v) is 15.4. The average molecular weight is 637 g/mol. The molecule has 10 heteroatoms. The highest BCUT2D eigenvalue weighted by molar-refractivity contribution is 6.11. The van der Waals surface area contributed by atoms with E-state index in [2.05, 4.69) is 32.6 Å². The van der Waals surface area contributed by atoms with E-state index >= 15 is 0 Å². The van der Waals surface area contributed by atoms with Crippen LogP contribution in [0.2, 0.25) is 0 Å². The van der Waals surface area contributed by atoms with Gasteiger partial charge in [-0.2, -0.15) is 10.2 Å². The summed E-state index contributed by atoms with van der Waals surface area (Å²) < 4.78 is 0. The Bertz CT molecular complexity index is 2150. The van der Waals surface area contributed by atoms with Gasteiger partial charge < -0.3 is 21.7 Å². The molecule has 6 rings (SSSR count). The summed E-state index contributed by atoms with van der Waals surface area (Å²) in [5, 5.41) is 39.5. The number of hydrogen-bond donors (Lipinski definition) is 4. The SMILES string of the molecule is CCc1cc(-c2ccc(N=Nc3cc(C(=O)O)c4ccccc4c3N)c(CC)c2)ccc1N=Nc1cc(C(=O)O)c2ccccc2c1N. The Morgan fingerprint density at radius 1 is 0.521 bits per heavy atom. The lowest BCUT2D eigenvalue weighted by Crippen LogP contribution is -1.99. The zero-order valence-corrected chi connectivity index (χ0v) is 26.3. The van der Waals surface area contributed by atoms with Gasteiger partial charge in [0.1, 0.15) is 11.4 Å². The maximum atomic E-state index is 11.9. The fraction of sp³-hybridized carbons (Fsp3) is 0.105. The maximum absolute atomic E-state index is 11.9. The van der Waals surface area contributed by atoms with Gasteiger partial charge in [0.15, 0.2) is 0 Å². The third-order valence-corrected chi connectivity index (χ3v) is 8.37. The Hall–Kier alpha value is -6.42. The van der Waals surface area contributed by atoms with E-state index in [9.17, 15) is 19.8 Å². The second kappa shape index (κ2) is 13.1. The molecule has 238 valence electrons. The number of azo groups is 2. The first-order valence-electron chi connectivity index (χ1n) is 15.4. The molecule has 0 aromatic heterocycles. The lowest BCUT2D eigenvalue weighted by molar-refractivity contribution is 0.0688. The van der Waals surface area contributed by atoms with E-state index in [4.69, 9.17) is 11.5 Å². The van der Waals surface area contributed by atoms with Crippen molar-refractivity contribution in [2.24, 2.45) is 20.5 Å². The van der Waals surface area contributed by atoms with E-state index in [-0.39, 0.29) is 11.1 Å². The van der Waals surface area contributed by atoms with E-state index in [1.165, 1.54) is 12.1 Å². The number of carbonyl (C=O) groups is 2. The van der Waals surface area contributed by atoms with Crippen LogP contribution in [0.4, 0.5) is 34.1 Å². The van der Waals surface area contributed by atoms with Crippen molar-refractivity contribution in [2.75, 3.05) is 11.5 Å². The molecule has 0 aliphatic heterocycles. The molecular weight excluding hydrogens is 604 g/mol. The van der Waals surface area contributed by atoms with Crippen LogP contribution in [0, 0.1) is 0 Å². The van der Waals surface area contributed by atoms with Crippen LogP contribution in [0.3, 0.4) is 0 Å². The summed E-state index contributed by atoms with van der Waals surface area (Å²) in [7, 11) is 0. The molecule has 0 radical (unpaired) electrons. The van der Waals surface area contributed by atoms with Gasteiger partial charge in [-0.1, -0.05) is 74.5 Å². The van der Waals surface area contributed by atoms with Crippen LogP contribution in [0.15, 0.2) is 118 Å². The summed E-state index contributed by atoms with van der Waals surface area (Å²) in [6.07, 6.45) is 1.38. The second-order valence-corrected chi connectivity index (χ2v) is 11.2. The van der Waals surface area contributed by atoms with E-state index in [0.29, 0.717) is 68.5 Å². The smallest absolute Gasteiger partial charge is 0.336 e. The van der Waals surface area contributed by atoms with Gasteiger partial charge in [-0.3, -0.25) is 0 Å². The number of aryl methyl sites for hydroxylation is 2. The van der Waals surface area contributed by atoms with Gasteiger partial charge in [-0.15, -0.1) is 10.2 Å². The number of nitrogens with zero attached hydrogens (tertiary/aromatic N) is 4. The van der Waals surface area contributed by atoms with Gasteiger partial charge >= 0.3 is 11.9 Å². The Labute approximate surface area is 276 Å². The number of anilines is 2. The molecule has 0 unspecified atom stereocenters. The highest BCUT2D eigenvalue weighted by Gasteiger charge is 2.16. The predicted octanol–water partition coefficient (Wildman–Crippen LogP) is 10.2. The van der Waals surface area contributed by atoms with E-state index in [0.717, 1.165) is 22.3 Å². The maximum Gasteiger partial charge on any atom is 0.336 e. The quantitative estimate of drug-likeness (QED) is 0.0906. The minimum Gasteiger partial charge on any atom is -0.478 e. The van der Waals surface area contributed by atoms with Crippen LogP contribution in [-0.2, 0) is 12.8 Å². The largest absolute Gasteiger partial charge is 0.478 e. The monoisotopic (exact) mass is 636 g/mol. The molecule has 0 aliphatic rings. The third-order valence-electron chi connectivity index (χ3n) is 8.37. The minimum absolute atomic E-state index is 0.111. The fourth-order valence-electron chi connectivity index (χ4n) is 5.79. The zero-order chi connectivity index (χ0) is 33.9. The normalized spacial score (nSPS) is 11.6.